The van der Waals surface area contributed by atoms with Crippen LogP contribution in [0.2, 0.25) is 5.02 Å². The van der Waals surface area contributed by atoms with Gasteiger partial charge in [-0.3, -0.25) is 14.3 Å². The van der Waals surface area contributed by atoms with Gasteiger partial charge in [0.25, 0.3) is 10.0 Å². The molecule has 3 N–H and O–H groups in total. The van der Waals surface area contributed by atoms with Crippen LogP contribution in [0.25, 0.3) is 0 Å². The molecule has 0 aromatic heterocycles. The Hall–Kier alpha value is -3.40. The minimum absolute atomic E-state index is 0.101. The summed E-state index contributed by atoms with van der Waals surface area (Å²) in [5.74, 6) is -1.11. The van der Waals surface area contributed by atoms with E-state index in [4.69, 9.17) is 11.6 Å². The molecule has 206 valence electrons. The van der Waals surface area contributed by atoms with E-state index in [0.29, 0.717) is 29.9 Å². The number of hydrogen-bond donors (Lipinski definition) is 3. The van der Waals surface area contributed by atoms with E-state index < -0.39 is 27.3 Å². The summed E-state index contributed by atoms with van der Waals surface area (Å²) in [5.41, 5.74) is 0.311. The first-order valence-electron chi connectivity index (χ1n) is 12.5. The molecule has 0 saturated heterocycles. The van der Waals surface area contributed by atoms with Gasteiger partial charge in [-0.2, -0.15) is 0 Å². The highest BCUT2D eigenvalue weighted by atomic mass is 35.5. The van der Waals surface area contributed by atoms with Crippen LogP contribution in [0.1, 0.15) is 37.5 Å². The van der Waals surface area contributed by atoms with Crippen molar-refractivity contribution in [2.24, 2.45) is 0 Å². The number of amides is 2. The highest BCUT2D eigenvalue weighted by molar-refractivity contribution is 7.92. The van der Waals surface area contributed by atoms with Crippen LogP contribution in [0.5, 0.6) is 0 Å². The summed E-state index contributed by atoms with van der Waals surface area (Å²) in [6.45, 7) is 7.02. The quantitative estimate of drug-likeness (QED) is 0.350. The molecule has 3 aromatic carbocycles. The number of fused-ring (bicyclic) bond motifs is 1. The van der Waals surface area contributed by atoms with Crippen LogP contribution in [0.3, 0.4) is 0 Å². The van der Waals surface area contributed by atoms with Crippen LogP contribution in [0.15, 0.2) is 71.6 Å². The van der Waals surface area contributed by atoms with Crippen LogP contribution in [0.4, 0.5) is 11.4 Å². The van der Waals surface area contributed by atoms with E-state index >= 15 is 0 Å². The maximum atomic E-state index is 13.8. The minimum Gasteiger partial charge on any atom is -0.353 e. The summed E-state index contributed by atoms with van der Waals surface area (Å²) in [7, 11) is -0.193. The van der Waals surface area contributed by atoms with Gasteiger partial charge in [-0.25, -0.2) is 8.42 Å². The molecule has 1 heterocycles. The molecule has 4 rings (SSSR count). The molecular weight excluding hydrogens is 536 g/mol. The first-order chi connectivity index (χ1) is 18.3. The molecule has 0 aliphatic carbocycles. The number of benzene rings is 3. The van der Waals surface area contributed by atoms with Gasteiger partial charge in [-0.05, 0) is 61.5 Å². The lowest BCUT2D eigenvalue weighted by Gasteiger charge is -2.28. The molecule has 0 radical (unpaired) electrons. The number of hydrogen-bond acceptors (Lipinski definition) is 5. The summed E-state index contributed by atoms with van der Waals surface area (Å²) < 4.78 is 29.1. The van der Waals surface area contributed by atoms with Gasteiger partial charge in [0.1, 0.15) is 0 Å². The summed E-state index contributed by atoms with van der Waals surface area (Å²) in [4.78, 5) is 29.4. The number of sulfonamides is 1. The van der Waals surface area contributed by atoms with Crippen molar-refractivity contribution in [2.45, 2.75) is 36.5 Å². The van der Waals surface area contributed by atoms with Crippen molar-refractivity contribution < 1.29 is 18.0 Å². The lowest BCUT2D eigenvalue weighted by molar-refractivity contribution is -0.132. The number of anilines is 2. The molecule has 0 saturated carbocycles. The van der Waals surface area contributed by atoms with Crippen LogP contribution < -0.4 is 15.4 Å². The van der Waals surface area contributed by atoms with Crippen molar-refractivity contribution in [1.29, 1.82) is 0 Å². The Morgan fingerprint density at radius 1 is 1.00 bits per heavy atom. The predicted molar refractivity (Wildman–Crippen MR) is 155 cm³/mol. The second-order valence-corrected chi connectivity index (χ2v) is 13.0. The lowest BCUT2D eigenvalue weighted by Crippen LogP contribution is -2.51. The molecule has 0 fully saturated rings. The summed E-state index contributed by atoms with van der Waals surface area (Å²) in [6.07, 6.45) is 0. The lowest BCUT2D eigenvalue weighted by atomic mass is 9.74. The Balaban J connectivity index is 1.77. The van der Waals surface area contributed by atoms with Gasteiger partial charge in [0.05, 0.1) is 4.90 Å². The Kier molecular flexibility index (Phi) is 7.80. The second-order valence-electron chi connectivity index (χ2n) is 10.9. The fraction of sp³-hybridized carbons (Fsp3) is 0.310. The third-order valence-corrected chi connectivity index (χ3v) is 8.49. The molecule has 3 aromatic rings. The van der Waals surface area contributed by atoms with Crippen molar-refractivity contribution in [1.82, 2.24) is 10.2 Å². The monoisotopic (exact) mass is 568 g/mol. The standard InChI is InChI=1S/C29H33ClN4O4S/c1-28(2,3)19-10-13-21(14-11-19)39(37,38)33-20-12-15-25-23(18-20)29(27(36)32-25,22-8-6-7-9-24(22)30)26(35)31-16-17-34(4)5/h6-15,18,33H,16-17H2,1-5H3,(H,31,35)(H,32,36). The number of halogens is 1. The minimum atomic E-state index is -3.95. The SMILES string of the molecule is CN(C)CCNC(=O)C1(c2ccccc2Cl)C(=O)Nc2ccc(NS(=O)(=O)c3ccc(C(C)(C)C)cc3)cc21. The highest BCUT2D eigenvalue weighted by Crippen LogP contribution is 2.46. The Labute approximate surface area is 234 Å². The van der Waals surface area contributed by atoms with Crippen molar-refractivity contribution in [2.75, 3.05) is 37.2 Å². The molecule has 10 heteroatoms. The fourth-order valence-electron chi connectivity index (χ4n) is 4.62. The van der Waals surface area contributed by atoms with E-state index in [1.807, 2.05) is 19.0 Å². The van der Waals surface area contributed by atoms with E-state index in [0.717, 1.165) is 5.56 Å². The van der Waals surface area contributed by atoms with Gasteiger partial charge in [-0.15, -0.1) is 0 Å². The van der Waals surface area contributed by atoms with E-state index in [1.54, 1.807) is 60.7 Å². The molecule has 8 nitrogen and oxygen atoms in total. The number of likely N-dealkylation sites (N-methyl/N-ethyl adjacent to an activating group) is 1. The van der Waals surface area contributed by atoms with Crippen LogP contribution in [-0.4, -0.2) is 52.3 Å². The van der Waals surface area contributed by atoms with Gasteiger partial charge in [-0.1, -0.05) is 62.7 Å². The van der Waals surface area contributed by atoms with E-state index in [2.05, 4.69) is 36.1 Å². The number of nitrogens with one attached hydrogen (secondary N) is 3. The zero-order valence-electron chi connectivity index (χ0n) is 22.6. The maximum Gasteiger partial charge on any atom is 0.261 e. The van der Waals surface area contributed by atoms with Crippen molar-refractivity contribution in [3.63, 3.8) is 0 Å². The maximum absolute atomic E-state index is 13.8. The molecule has 1 atom stereocenters. The predicted octanol–water partition coefficient (Wildman–Crippen LogP) is 4.35. The molecule has 39 heavy (non-hydrogen) atoms. The Morgan fingerprint density at radius 3 is 2.28 bits per heavy atom. The summed E-state index contributed by atoms with van der Waals surface area (Å²) in [5, 5.41) is 5.90. The molecule has 1 unspecified atom stereocenters. The van der Waals surface area contributed by atoms with Crippen molar-refractivity contribution in [3.8, 4) is 0 Å². The normalized spacial score (nSPS) is 17.1. The molecule has 0 spiro atoms. The van der Waals surface area contributed by atoms with Gasteiger partial charge < -0.3 is 15.5 Å². The zero-order valence-corrected chi connectivity index (χ0v) is 24.2. The largest absolute Gasteiger partial charge is 0.353 e. The molecule has 0 bridgehead atoms. The second kappa shape index (κ2) is 10.6. The fourth-order valence-corrected chi connectivity index (χ4v) is 5.95. The van der Waals surface area contributed by atoms with E-state index in [-0.39, 0.29) is 21.0 Å². The first-order valence-corrected chi connectivity index (χ1v) is 14.4. The average Bonchev–Trinajstić information content (AvgIpc) is 3.15. The average molecular weight is 569 g/mol. The van der Waals surface area contributed by atoms with Crippen molar-refractivity contribution >= 4 is 44.8 Å². The third kappa shape index (κ3) is 5.52. The number of nitrogens with zero attached hydrogens (tertiary/aromatic N) is 1. The van der Waals surface area contributed by atoms with Crippen LogP contribution in [-0.2, 0) is 30.4 Å². The number of carbonyl (C=O) groups is 2. The summed E-state index contributed by atoms with van der Waals surface area (Å²) in [6, 6.07) is 18.0. The van der Waals surface area contributed by atoms with Gasteiger partial charge >= 0.3 is 0 Å². The molecule has 2 amide bonds. The van der Waals surface area contributed by atoms with Gasteiger partial charge in [0.15, 0.2) is 5.41 Å². The first kappa shape index (κ1) is 28.6. The van der Waals surface area contributed by atoms with E-state index in [9.17, 15) is 18.0 Å². The molecule has 1 aliphatic heterocycles. The highest BCUT2D eigenvalue weighted by Gasteiger charge is 2.55. The van der Waals surface area contributed by atoms with Crippen LogP contribution in [0, 0.1) is 0 Å². The molecule has 1 aliphatic rings. The Bertz CT molecular complexity index is 1510. The Morgan fingerprint density at radius 2 is 1.67 bits per heavy atom. The van der Waals surface area contributed by atoms with Crippen LogP contribution >= 0.6 is 11.6 Å². The molecular formula is C29H33ClN4O4S. The number of rotatable bonds is 8. The topological polar surface area (TPSA) is 108 Å². The van der Waals surface area contributed by atoms with Gasteiger partial charge in [0.2, 0.25) is 11.8 Å². The number of carbonyl (C=O) groups excluding carboxylic acids is 2. The zero-order chi connectivity index (χ0) is 28.6. The van der Waals surface area contributed by atoms with Gasteiger partial charge in [0, 0.05) is 40.6 Å². The third-order valence-electron chi connectivity index (χ3n) is 6.76. The smallest absolute Gasteiger partial charge is 0.261 e. The summed E-state index contributed by atoms with van der Waals surface area (Å²) >= 11 is 6.55. The van der Waals surface area contributed by atoms with E-state index in [1.165, 1.54) is 6.07 Å². The van der Waals surface area contributed by atoms with Crippen molar-refractivity contribution in [3.05, 3.63) is 88.4 Å².